The van der Waals surface area contributed by atoms with Crippen molar-refractivity contribution in [1.29, 1.82) is 0 Å². The number of thiophene rings is 1. The number of benzene rings is 1. The third kappa shape index (κ3) is 3.92. The molecule has 0 saturated heterocycles. The van der Waals surface area contributed by atoms with Gasteiger partial charge >= 0.3 is 0 Å². The van der Waals surface area contributed by atoms with Gasteiger partial charge in [0.15, 0.2) is 0 Å². The maximum Gasteiger partial charge on any atom is 0.0766 e. The summed E-state index contributed by atoms with van der Waals surface area (Å²) in [6.07, 6.45) is 1.58. The van der Waals surface area contributed by atoms with E-state index in [1.807, 2.05) is 19.9 Å². The van der Waals surface area contributed by atoms with Gasteiger partial charge < -0.3 is 10.4 Å². The van der Waals surface area contributed by atoms with Crippen LogP contribution in [-0.2, 0) is 6.54 Å². The third-order valence-electron chi connectivity index (χ3n) is 3.83. The Morgan fingerprint density at radius 3 is 2.45 bits per heavy atom. The minimum atomic E-state index is -0.570. The van der Waals surface area contributed by atoms with Crippen molar-refractivity contribution in [2.45, 2.75) is 38.8 Å². The van der Waals surface area contributed by atoms with Gasteiger partial charge in [0.05, 0.1) is 5.60 Å². The van der Waals surface area contributed by atoms with E-state index >= 15 is 0 Å². The Labute approximate surface area is 125 Å². The van der Waals surface area contributed by atoms with Gasteiger partial charge in [0, 0.05) is 18.0 Å². The molecular weight excluding hydrogens is 266 g/mol. The maximum absolute atomic E-state index is 10.2. The lowest BCUT2D eigenvalue weighted by molar-refractivity contribution is 0.0323. The molecule has 0 aliphatic heterocycles. The molecular formula is C17H23NOS. The zero-order valence-corrected chi connectivity index (χ0v) is 13.0. The van der Waals surface area contributed by atoms with Crippen LogP contribution < -0.4 is 5.32 Å². The number of hydrogen-bond donors (Lipinski definition) is 2. The molecule has 1 aromatic heterocycles. The second-order valence-electron chi connectivity index (χ2n) is 5.20. The van der Waals surface area contributed by atoms with Crippen LogP contribution in [0.15, 0.2) is 41.8 Å². The molecule has 3 heteroatoms. The highest BCUT2D eigenvalue weighted by Crippen LogP contribution is 2.25. The zero-order valence-electron chi connectivity index (χ0n) is 12.2. The fourth-order valence-corrected chi connectivity index (χ4v) is 3.04. The van der Waals surface area contributed by atoms with Crippen LogP contribution in [0.5, 0.6) is 0 Å². The summed E-state index contributed by atoms with van der Waals surface area (Å²) in [5.41, 5.74) is 1.96. The molecule has 0 saturated carbocycles. The highest BCUT2D eigenvalue weighted by atomic mass is 32.1. The Hall–Kier alpha value is -1.16. The van der Waals surface area contributed by atoms with Crippen LogP contribution in [-0.4, -0.2) is 17.3 Å². The predicted octanol–water partition coefficient (Wildman–Crippen LogP) is 4.06. The van der Waals surface area contributed by atoms with Crippen LogP contribution in [0.4, 0.5) is 0 Å². The first-order chi connectivity index (χ1) is 9.67. The van der Waals surface area contributed by atoms with E-state index in [9.17, 15) is 5.11 Å². The molecule has 0 radical (unpaired) electrons. The molecule has 108 valence electrons. The smallest absolute Gasteiger partial charge is 0.0766 e. The third-order valence-corrected chi connectivity index (χ3v) is 4.77. The number of aliphatic hydroxyl groups is 1. The molecule has 0 atom stereocenters. The summed E-state index contributed by atoms with van der Waals surface area (Å²) < 4.78 is 0. The van der Waals surface area contributed by atoms with Crippen molar-refractivity contribution in [1.82, 2.24) is 5.32 Å². The molecule has 2 N–H and O–H groups in total. The summed E-state index contributed by atoms with van der Waals surface area (Å²) in [5.74, 6) is 0. The Morgan fingerprint density at radius 2 is 1.80 bits per heavy atom. The van der Waals surface area contributed by atoms with Gasteiger partial charge in [-0.05, 0) is 35.4 Å². The predicted molar refractivity (Wildman–Crippen MR) is 87.0 cm³/mol. The highest BCUT2D eigenvalue weighted by Gasteiger charge is 2.21. The monoisotopic (exact) mass is 289 g/mol. The fourth-order valence-electron chi connectivity index (χ4n) is 2.17. The van der Waals surface area contributed by atoms with E-state index in [2.05, 4.69) is 41.0 Å². The first-order valence-electron chi connectivity index (χ1n) is 7.23. The van der Waals surface area contributed by atoms with Crippen molar-refractivity contribution in [3.8, 4) is 11.1 Å². The van der Waals surface area contributed by atoms with Crippen molar-refractivity contribution in [3.05, 3.63) is 46.7 Å². The minimum absolute atomic E-state index is 0.570. The minimum Gasteiger partial charge on any atom is -0.389 e. The van der Waals surface area contributed by atoms with Gasteiger partial charge in [-0.1, -0.05) is 44.2 Å². The summed E-state index contributed by atoms with van der Waals surface area (Å²) in [6.45, 7) is 5.53. The normalized spacial score (nSPS) is 11.8. The standard InChI is InChI=1S/C17H23NOS/c1-3-17(19,4-2)13-18-11-16-10-15(12-20-16)14-8-6-5-7-9-14/h5-10,12,18-19H,3-4,11,13H2,1-2H3. The van der Waals surface area contributed by atoms with E-state index < -0.39 is 5.60 Å². The Morgan fingerprint density at radius 1 is 1.10 bits per heavy atom. The average Bonchev–Trinajstić information content (AvgIpc) is 2.97. The van der Waals surface area contributed by atoms with E-state index in [-0.39, 0.29) is 0 Å². The van der Waals surface area contributed by atoms with Crippen molar-refractivity contribution in [3.63, 3.8) is 0 Å². The summed E-state index contributed by atoms with van der Waals surface area (Å²) in [5, 5.41) is 15.8. The number of nitrogens with one attached hydrogen (secondary N) is 1. The van der Waals surface area contributed by atoms with Crippen LogP contribution in [0.25, 0.3) is 11.1 Å². The highest BCUT2D eigenvalue weighted by molar-refractivity contribution is 7.10. The number of rotatable bonds is 7. The van der Waals surface area contributed by atoms with E-state index in [1.165, 1.54) is 16.0 Å². The van der Waals surface area contributed by atoms with Gasteiger partial charge in [-0.3, -0.25) is 0 Å². The van der Waals surface area contributed by atoms with E-state index in [4.69, 9.17) is 0 Å². The molecule has 2 nitrogen and oxygen atoms in total. The van der Waals surface area contributed by atoms with Crippen molar-refractivity contribution in [2.24, 2.45) is 0 Å². The molecule has 0 fully saturated rings. The fraction of sp³-hybridized carbons (Fsp3) is 0.412. The lowest BCUT2D eigenvalue weighted by atomic mass is 9.98. The lowest BCUT2D eigenvalue weighted by Gasteiger charge is -2.25. The van der Waals surface area contributed by atoms with Gasteiger partial charge in [0.25, 0.3) is 0 Å². The summed E-state index contributed by atoms with van der Waals surface area (Å²) in [7, 11) is 0. The van der Waals surface area contributed by atoms with Gasteiger partial charge in [-0.2, -0.15) is 0 Å². The first-order valence-corrected chi connectivity index (χ1v) is 8.11. The van der Waals surface area contributed by atoms with Gasteiger partial charge in [0.2, 0.25) is 0 Å². The lowest BCUT2D eigenvalue weighted by Crippen LogP contribution is -2.39. The maximum atomic E-state index is 10.2. The van der Waals surface area contributed by atoms with Crippen LogP contribution in [0.3, 0.4) is 0 Å². The molecule has 2 aromatic rings. The Bertz CT molecular complexity index is 517. The van der Waals surface area contributed by atoms with Crippen molar-refractivity contribution < 1.29 is 5.11 Å². The van der Waals surface area contributed by atoms with Crippen LogP contribution in [0.2, 0.25) is 0 Å². The van der Waals surface area contributed by atoms with E-state index in [1.54, 1.807) is 11.3 Å². The van der Waals surface area contributed by atoms with Crippen LogP contribution in [0, 0.1) is 0 Å². The molecule has 2 rings (SSSR count). The summed E-state index contributed by atoms with van der Waals surface area (Å²) in [4.78, 5) is 1.30. The van der Waals surface area contributed by atoms with E-state index in [0.717, 1.165) is 19.4 Å². The molecule has 0 aliphatic carbocycles. The Balaban J connectivity index is 1.91. The molecule has 0 bridgehead atoms. The topological polar surface area (TPSA) is 32.3 Å². The van der Waals surface area contributed by atoms with Crippen molar-refractivity contribution >= 4 is 11.3 Å². The number of hydrogen-bond acceptors (Lipinski definition) is 3. The van der Waals surface area contributed by atoms with Crippen LogP contribution >= 0.6 is 11.3 Å². The molecule has 0 spiro atoms. The molecule has 20 heavy (non-hydrogen) atoms. The molecule has 0 aliphatic rings. The van der Waals surface area contributed by atoms with Gasteiger partial charge in [-0.25, -0.2) is 0 Å². The first kappa shape index (κ1) is 15.2. The van der Waals surface area contributed by atoms with Crippen LogP contribution in [0.1, 0.15) is 31.6 Å². The molecule has 1 aromatic carbocycles. The summed E-state index contributed by atoms with van der Waals surface area (Å²) >= 11 is 1.77. The summed E-state index contributed by atoms with van der Waals surface area (Å²) in [6, 6.07) is 12.7. The van der Waals surface area contributed by atoms with Gasteiger partial charge in [0.1, 0.15) is 0 Å². The second-order valence-corrected chi connectivity index (χ2v) is 6.20. The van der Waals surface area contributed by atoms with Gasteiger partial charge in [-0.15, -0.1) is 11.3 Å². The quantitative estimate of drug-likeness (QED) is 0.806. The second kappa shape index (κ2) is 7.02. The largest absolute Gasteiger partial charge is 0.389 e. The molecule has 1 heterocycles. The SMILES string of the molecule is CCC(O)(CC)CNCc1cc(-c2ccccc2)cs1. The zero-order chi connectivity index (χ0) is 14.4. The molecule has 0 unspecified atom stereocenters. The van der Waals surface area contributed by atoms with E-state index in [0.29, 0.717) is 6.54 Å². The van der Waals surface area contributed by atoms with Crippen molar-refractivity contribution in [2.75, 3.05) is 6.54 Å². The molecule has 0 amide bonds. The average molecular weight is 289 g/mol. The Kier molecular flexibility index (Phi) is 5.35.